The topological polar surface area (TPSA) is 58.8 Å². The van der Waals surface area contributed by atoms with Crippen molar-refractivity contribution >= 4 is 29.2 Å². The maximum absolute atomic E-state index is 13.1. The first kappa shape index (κ1) is 28.2. The van der Waals surface area contributed by atoms with E-state index in [0.29, 0.717) is 0 Å². The number of carbonyl (C=O) groups excluding carboxylic acids is 1. The molecule has 0 aromatic heterocycles. The molecule has 34 heavy (non-hydrogen) atoms. The summed E-state index contributed by atoms with van der Waals surface area (Å²) in [6, 6.07) is 6.76. The maximum Gasteiger partial charge on any atom is 0.312 e. The molecule has 2 aliphatic heterocycles. The number of thiocarbonyl (C=S) groups is 1. The number of allylic oxidation sites excluding steroid dienone is 1. The molecule has 1 aromatic rings. The van der Waals surface area contributed by atoms with Crippen molar-refractivity contribution in [1.29, 1.82) is 0 Å². The number of hydrogen-bond donors (Lipinski definition) is 1. The molecule has 0 saturated carbocycles. The van der Waals surface area contributed by atoms with Crippen molar-refractivity contribution in [2.45, 2.75) is 71.8 Å². The molecule has 0 amide bonds. The van der Waals surface area contributed by atoms with Crippen molar-refractivity contribution in [2.24, 2.45) is 11.1 Å². The van der Waals surface area contributed by atoms with Crippen LogP contribution in [0.4, 0.5) is 10.1 Å². The van der Waals surface area contributed by atoms with Crippen LogP contribution < -0.4 is 10.6 Å². The fraction of sp³-hybridized carbons (Fsp3) is 0.630. The van der Waals surface area contributed by atoms with Crippen molar-refractivity contribution in [3.8, 4) is 0 Å². The molecule has 2 heterocycles. The minimum absolute atomic E-state index is 0.0499. The van der Waals surface area contributed by atoms with Crippen LogP contribution in [0.25, 0.3) is 0 Å². The number of esters is 1. The van der Waals surface area contributed by atoms with E-state index in [1.54, 1.807) is 5.37 Å². The van der Waals surface area contributed by atoms with E-state index in [2.05, 4.69) is 35.9 Å². The smallest absolute Gasteiger partial charge is 0.312 e. The van der Waals surface area contributed by atoms with Crippen LogP contribution in [-0.4, -0.2) is 55.1 Å². The Labute approximate surface area is 210 Å². The number of carbonyl (C=O) groups is 1. The molecular weight excluding hydrogens is 449 g/mol. The predicted molar refractivity (Wildman–Crippen MR) is 143 cm³/mol. The van der Waals surface area contributed by atoms with Crippen molar-refractivity contribution in [1.82, 2.24) is 4.90 Å². The summed E-state index contributed by atoms with van der Waals surface area (Å²) in [5, 5.41) is 1.54. The third-order valence-corrected chi connectivity index (χ3v) is 7.21. The lowest BCUT2D eigenvalue weighted by Crippen LogP contribution is -2.47. The summed E-state index contributed by atoms with van der Waals surface area (Å²) in [7, 11) is 0. The van der Waals surface area contributed by atoms with Gasteiger partial charge in [0.15, 0.2) is 0 Å². The number of hydrogen-bond acceptors (Lipinski definition) is 6. The number of unbranched alkanes of at least 4 members (excludes halogenated alkanes) is 1. The van der Waals surface area contributed by atoms with Crippen molar-refractivity contribution in [2.75, 3.05) is 37.6 Å². The summed E-state index contributed by atoms with van der Waals surface area (Å²) < 4.78 is 18.9. The monoisotopic (exact) mass is 491 g/mol. The van der Waals surface area contributed by atoms with E-state index in [4.69, 9.17) is 10.5 Å². The number of cyclic esters (lactones) is 1. The number of benzene rings is 1. The molecule has 5 nitrogen and oxygen atoms in total. The zero-order valence-electron chi connectivity index (χ0n) is 21.1. The highest BCUT2D eigenvalue weighted by molar-refractivity contribution is 7.79. The molecule has 1 unspecified atom stereocenters. The van der Waals surface area contributed by atoms with Gasteiger partial charge in [-0.05, 0) is 62.2 Å². The fourth-order valence-electron chi connectivity index (χ4n) is 4.77. The highest BCUT2D eigenvalue weighted by Crippen LogP contribution is 2.43. The third kappa shape index (κ3) is 8.35. The zero-order chi connectivity index (χ0) is 25.0. The fourth-order valence-corrected chi connectivity index (χ4v) is 4.85. The van der Waals surface area contributed by atoms with E-state index >= 15 is 0 Å². The molecule has 2 fully saturated rings. The second-order valence-corrected chi connectivity index (χ2v) is 9.72. The molecule has 1 aromatic carbocycles. The average Bonchev–Trinajstić information content (AvgIpc) is 3.17. The van der Waals surface area contributed by atoms with Crippen LogP contribution >= 0.6 is 12.2 Å². The Morgan fingerprint density at radius 3 is 2.38 bits per heavy atom. The van der Waals surface area contributed by atoms with Crippen LogP contribution in [0, 0.1) is 11.2 Å². The van der Waals surface area contributed by atoms with Crippen LogP contribution in [0.5, 0.6) is 0 Å². The van der Waals surface area contributed by atoms with E-state index in [1.165, 1.54) is 18.3 Å². The van der Waals surface area contributed by atoms with Crippen LogP contribution in [0.1, 0.15) is 65.7 Å². The second-order valence-electron chi connectivity index (χ2n) is 9.49. The SMILES string of the molecule is C/C(C=S)=C/N.CCCCC1(CCC)C[C@H](CCN2CCN(c3ccc(F)cc3)CC2)OC1=O. The Balaban J connectivity index is 0.000000604. The van der Waals surface area contributed by atoms with Gasteiger partial charge in [0, 0.05) is 50.2 Å². The normalized spacial score (nSPS) is 23.3. The number of ether oxygens (including phenoxy) is 1. The molecule has 2 saturated heterocycles. The lowest BCUT2D eigenvalue weighted by atomic mass is 9.76. The summed E-state index contributed by atoms with van der Waals surface area (Å²) in [6.07, 6.45) is 8.58. The minimum atomic E-state index is -0.225. The van der Waals surface area contributed by atoms with E-state index in [1.807, 2.05) is 19.1 Å². The van der Waals surface area contributed by atoms with Crippen LogP contribution in [0.2, 0.25) is 0 Å². The van der Waals surface area contributed by atoms with Gasteiger partial charge in [0.25, 0.3) is 0 Å². The highest BCUT2D eigenvalue weighted by Gasteiger charge is 2.47. The van der Waals surface area contributed by atoms with Gasteiger partial charge in [0.1, 0.15) is 11.9 Å². The second kappa shape index (κ2) is 14.4. The number of nitrogens with zero attached hydrogens (tertiary/aromatic N) is 2. The van der Waals surface area contributed by atoms with Gasteiger partial charge >= 0.3 is 5.97 Å². The van der Waals surface area contributed by atoms with E-state index in [9.17, 15) is 9.18 Å². The van der Waals surface area contributed by atoms with Gasteiger partial charge in [-0.1, -0.05) is 45.3 Å². The van der Waals surface area contributed by atoms with E-state index < -0.39 is 0 Å². The number of anilines is 1. The molecule has 2 aliphatic rings. The summed E-state index contributed by atoms with van der Waals surface area (Å²) in [4.78, 5) is 17.4. The average molecular weight is 492 g/mol. The Kier molecular flexibility index (Phi) is 12.0. The van der Waals surface area contributed by atoms with Crippen LogP contribution in [0.15, 0.2) is 36.0 Å². The molecule has 0 radical (unpaired) electrons. The first-order valence-electron chi connectivity index (χ1n) is 12.6. The molecule has 0 aliphatic carbocycles. The lowest BCUT2D eigenvalue weighted by Gasteiger charge is -2.36. The van der Waals surface area contributed by atoms with Gasteiger partial charge in [-0.15, -0.1) is 0 Å². The molecule has 7 heteroatoms. The number of piperazine rings is 1. The molecular formula is C27H42FN3O2S. The minimum Gasteiger partial charge on any atom is -0.462 e. The van der Waals surface area contributed by atoms with E-state index in [0.717, 1.165) is 88.9 Å². The van der Waals surface area contributed by atoms with Gasteiger partial charge in [-0.3, -0.25) is 9.69 Å². The largest absolute Gasteiger partial charge is 0.462 e. The molecule has 190 valence electrons. The van der Waals surface area contributed by atoms with Crippen molar-refractivity contribution < 1.29 is 13.9 Å². The third-order valence-electron chi connectivity index (χ3n) is 6.84. The first-order chi connectivity index (χ1) is 16.4. The molecule has 3 rings (SSSR count). The molecule has 2 atom stereocenters. The lowest BCUT2D eigenvalue weighted by molar-refractivity contribution is -0.149. The summed E-state index contributed by atoms with van der Waals surface area (Å²) in [5.41, 5.74) is 6.82. The van der Waals surface area contributed by atoms with Crippen molar-refractivity contribution in [3.05, 3.63) is 41.9 Å². The number of nitrogens with two attached hydrogens (primary N) is 1. The van der Waals surface area contributed by atoms with E-state index in [-0.39, 0.29) is 23.3 Å². The standard InChI is InChI=1S/C23H35FN2O2.C4H7NS/c1-3-5-12-23(11-4-2)18-21(28-22(23)27)10-13-25-14-16-26(17-15-25)20-8-6-19(24)7-9-20;1-4(2-5)3-6/h6-9,21H,3-5,10-18H2,1-2H3;2-3H,5H2,1H3/b;4-2-/t21-,23?;/m0./s1. The Bertz CT molecular complexity index is 794. The Morgan fingerprint density at radius 1 is 1.18 bits per heavy atom. The van der Waals surface area contributed by atoms with Gasteiger partial charge in [-0.25, -0.2) is 4.39 Å². The summed E-state index contributed by atoms with van der Waals surface area (Å²) >= 11 is 4.50. The number of halogens is 1. The predicted octanol–water partition coefficient (Wildman–Crippen LogP) is 5.48. The number of rotatable bonds is 10. The van der Waals surface area contributed by atoms with Gasteiger partial charge < -0.3 is 15.4 Å². The Hall–Kier alpha value is -1.99. The molecule has 2 N–H and O–H groups in total. The summed E-state index contributed by atoms with van der Waals surface area (Å²) in [6.45, 7) is 11.1. The molecule has 0 spiro atoms. The van der Waals surface area contributed by atoms with Gasteiger partial charge in [0.2, 0.25) is 0 Å². The zero-order valence-corrected chi connectivity index (χ0v) is 21.9. The molecule has 0 bridgehead atoms. The quantitative estimate of drug-likeness (QED) is 0.266. The maximum atomic E-state index is 13.1. The van der Waals surface area contributed by atoms with Crippen molar-refractivity contribution in [3.63, 3.8) is 0 Å². The Morgan fingerprint density at radius 2 is 1.85 bits per heavy atom. The van der Waals surface area contributed by atoms with Gasteiger partial charge in [-0.2, -0.15) is 0 Å². The van der Waals surface area contributed by atoms with Crippen LogP contribution in [0.3, 0.4) is 0 Å². The van der Waals surface area contributed by atoms with Crippen LogP contribution in [-0.2, 0) is 9.53 Å². The summed E-state index contributed by atoms with van der Waals surface area (Å²) in [5.74, 6) is -0.138. The highest BCUT2D eigenvalue weighted by atomic mass is 32.1. The first-order valence-corrected chi connectivity index (χ1v) is 13.1. The van der Waals surface area contributed by atoms with Gasteiger partial charge in [0.05, 0.1) is 5.41 Å².